The maximum absolute atomic E-state index is 13.2. The molecule has 3 amide bonds. The van der Waals surface area contributed by atoms with E-state index in [1.165, 1.54) is 0 Å². The van der Waals surface area contributed by atoms with Gasteiger partial charge < -0.3 is 20.0 Å². The van der Waals surface area contributed by atoms with Gasteiger partial charge in [0.15, 0.2) is 0 Å². The topological polar surface area (TPSA) is 55.9 Å². The molecule has 1 aliphatic rings. The van der Waals surface area contributed by atoms with Gasteiger partial charge in [0.05, 0.1) is 5.92 Å². The Morgan fingerprint density at radius 1 is 1.07 bits per heavy atom. The molecule has 1 fully saturated rings. The van der Waals surface area contributed by atoms with Crippen molar-refractivity contribution in [1.29, 1.82) is 0 Å². The van der Waals surface area contributed by atoms with E-state index in [4.69, 9.17) is 0 Å². The average Bonchev–Trinajstić information content (AvgIpc) is 2.78. The molecular formula is C24H32N4O2. The summed E-state index contributed by atoms with van der Waals surface area (Å²) in [6.45, 7) is 4.40. The number of piperidine rings is 1. The molecule has 30 heavy (non-hydrogen) atoms. The molecular weight excluding hydrogens is 376 g/mol. The predicted molar refractivity (Wildman–Crippen MR) is 122 cm³/mol. The van der Waals surface area contributed by atoms with Crippen LogP contribution in [0, 0.1) is 5.92 Å². The molecule has 1 heterocycles. The fraction of sp³-hybridized carbons (Fsp3) is 0.417. The number of hydrogen-bond acceptors (Lipinski definition) is 3. The zero-order valence-corrected chi connectivity index (χ0v) is 18.2. The molecule has 0 aliphatic carbocycles. The highest BCUT2D eigenvalue weighted by molar-refractivity contribution is 5.90. The third kappa shape index (κ3) is 5.53. The summed E-state index contributed by atoms with van der Waals surface area (Å²) < 4.78 is 0. The van der Waals surface area contributed by atoms with Crippen molar-refractivity contribution in [2.24, 2.45) is 5.92 Å². The zero-order valence-electron chi connectivity index (χ0n) is 18.2. The summed E-state index contributed by atoms with van der Waals surface area (Å²) in [5, 5.41) is 2.93. The molecule has 0 saturated carbocycles. The number of amides is 3. The standard InChI is InChI=1S/C24H32N4O2/c1-4-27(17-19-12-14-22(15-13-19)26(2)3)23(29)20-9-8-16-28(18-20)24(30)25-21-10-6-5-7-11-21/h5-7,10-15,20H,4,8-9,16-18H2,1-3H3,(H,25,30). The summed E-state index contributed by atoms with van der Waals surface area (Å²) in [6.07, 6.45) is 1.66. The van der Waals surface area contributed by atoms with Crippen LogP contribution in [0.5, 0.6) is 0 Å². The highest BCUT2D eigenvalue weighted by Gasteiger charge is 2.31. The first-order valence-electron chi connectivity index (χ1n) is 10.6. The maximum atomic E-state index is 13.2. The molecule has 6 nitrogen and oxygen atoms in total. The Kier molecular flexibility index (Phi) is 7.33. The van der Waals surface area contributed by atoms with Crippen LogP contribution >= 0.6 is 0 Å². The number of carbonyl (C=O) groups excluding carboxylic acids is 2. The minimum atomic E-state index is -0.152. The van der Waals surface area contributed by atoms with Crippen molar-refractivity contribution in [3.63, 3.8) is 0 Å². The number of carbonyl (C=O) groups is 2. The number of nitrogens with one attached hydrogen (secondary N) is 1. The lowest BCUT2D eigenvalue weighted by Crippen LogP contribution is -2.47. The van der Waals surface area contributed by atoms with Gasteiger partial charge in [-0.2, -0.15) is 0 Å². The molecule has 160 valence electrons. The summed E-state index contributed by atoms with van der Waals surface area (Å²) in [5.41, 5.74) is 3.03. The van der Waals surface area contributed by atoms with Crippen LogP contribution < -0.4 is 10.2 Å². The van der Waals surface area contributed by atoms with Gasteiger partial charge in [-0.25, -0.2) is 4.79 Å². The average molecular weight is 409 g/mol. The van der Waals surface area contributed by atoms with Gasteiger partial charge in [0.1, 0.15) is 0 Å². The molecule has 0 bridgehead atoms. The first-order chi connectivity index (χ1) is 14.5. The van der Waals surface area contributed by atoms with Crippen molar-refractivity contribution >= 4 is 23.3 Å². The fourth-order valence-electron chi connectivity index (χ4n) is 3.81. The van der Waals surface area contributed by atoms with Crippen LogP contribution in [0.25, 0.3) is 0 Å². The number of nitrogens with zero attached hydrogens (tertiary/aromatic N) is 3. The SMILES string of the molecule is CCN(Cc1ccc(N(C)C)cc1)C(=O)C1CCCN(C(=O)Nc2ccccc2)C1. The Morgan fingerprint density at radius 2 is 1.77 bits per heavy atom. The first kappa shape index (κ1) is 21.7. The van der Waals surface area contributed by atoms with Crippen LogP contribution in [-0.2, 0) is 11.3 Å². The number of rotatable bonds is 6. The van der Waals surface area contributed by atoms with E-state index in [2.05, 4.69) is 34.5 Å². The second kappa shape index (κ2) is 10.1. The van der Waals surface area contributed by atoms with Crippen molar-refractivity contribution < 1.29 is 9.59 Å². The molecule has 1 unspecified atom stereocenters. The number of benzene rings is 2. The van der Waals surface area contributed by atoms with Crippen LogP contribution in [0.4, 0.5) is 16.2 Å². The highest BCUT2D eigenvalue weighted by atomic mass is 16.2. The van der Waals surface area contributed by atoms with E-state index < -0.39 is 0 Å². The van der Waals surface area contributed by atoms with E-state index in [0.29, 0.717) is 26.2 Å². The van der Waals surface area contributed by atoms with Crippen LogP contribution in [-0.4, -0.2) is 55.5 Å². The Bertz CT molecular complexity index is 836. The summed E-state index contributed by atoms with van der Waals surface area (Å²) in [6, 6.07) is 17.6. The fourth-order valence-corrected chi connectivity index (χ4v) is 3.81. The predicted octanol–water partition coefficient (Wildman–Crippen LogP) is 4.05. The number of likely N-dealkylation sites (tertiary alicyclic amines) is 1. The number of para-hydroxylation sites is 1. The second-order valence-corrected chi connectivity index (χ2v) is 7.99. The lowest BCUT2D eigenvalue weighted by molar-refractivity contribution is -0.137. The second-order valence-electron chi connectivity index (χ2n) is 7.99. The molecule has 2 aromatic rings. The normalized spacial score (nSPS) is 16.1. The largest absolute Gasteiger partial charge is 0.378 e. The molecule has 6 heteroatoms. The number of hydrogen-bond donors (Lipinski definition) is 1. The summed E-state index contributed by atoms with van der Waals surface area (Å²) in [5.74, 6) is -0.0207. The summed E-state index contributed by atoms with van der Waals surface area (Å²) in [4.78, 5) is 31.6. The zero-order chi connectivity index (χ0) is 21.5. The quantitative estimate of drug-likeness (QED) is 0.785. The van der Waals surface area contributed by atoms with E-state index in [0.717, 1.165) is 29.8 Å². The third-order valence-corrected chi connectivity index (χ3v) is 5.60. The molecule has 0 aromatic heterocycles. The Balaban J connectivity index is 1.60. The molecule has 1 N–H and O–H groups in total. The Hall–Kier alpha value is -3.02. The van der Waals surface area contributed by atoms with E-state index >= 15 is 0 Å². The summed E-state index contributed by atoms with van der Waals surface area (Å²) in [7, 11) is 4.03. The van der Waals surface area contributed by atoms with E-state index in [9.17, 15) is 9.59 Å². The molecule has 3 rings (SSSR count). The lowest BCUT2D eigenvalue weighted by Gasteiger charge is -2.34. The Labute approximate surface area is 179 Å². The van der Waals surface area contributed by atoms with E-state index in [1.807, 2.05) is 56.3 Å². The molecule has 1 saturated heterocycles. The van der Waals surface area contributed by atoms with Gasteiger partial charge in [0.25, 0.3) is 0 Å². The number of anilines is 2. The van der Waals surface area contributed by atoms with Gasteiger partial charge in [-0.3, -0.25) is 4.79 Å². The van der Waals surface area contributed by atoms with Crippen molar-refractivity contribution in [3.05, 3.63) is 60.2 Å². The van der Waals surface area contributed by atoms with Crippen molar-refractivity contribution in [1.82, 2.24) is 9.80 Å². The monoisotopic (exact) mass is 408 g/mol. The summed E-state index contributed by atoms with van der Waals surface area (Å²) >= 11 is 0. The van der Waals surface area contributed by atoms with Crippen molar-refractivity contribution in [3.8, 4) is 0 Å². The maximum Gasteiger partial charge on any atom is 0.321 e. The first-order valence-corrected chi connectivity index (χ1v) is 10.6. The Morgan fingerprint density at radius 3 is 2.40 bits per heavy atom. The van der Waals surface area contributed by atoms with E-state index in [1.54, 1.807) is 4.90 Å². The van der Waals surface area contributed by atoms with Gasteiger partial charge in [-0.1, -0.05) is 30.3 Å². The van der Waals surface area contributed by atoms with Gasteiger partial charge in [-0.15, -0.1) is 0 Å². The van der Waals surface area contributed by atoms with Gasteiger partial charge in [-0.05, 0) is 49.6 Å². The number of urea groups is 1. The third-order valence-electron chi connectivity index (χ3n) is 5.60. The van der Waals surface area contributed by atoms with Crippen LogP contribution in [0.15, 0.2) is 54.6 Å². The van der Waals surface area contributed by atoms with Gasteiger partial charge in [0, 0.05) is 51.6 Å². The smallest absolute Gasteiger partial charge is 0.321 e. The highest BCUT2D eigenvalue weighted by Crippen LogP contribution is 2.22. The molecule has 0 radical (unpaired) electrons. The molecule has 1 aliphatic heterocycles. The van der Waals surface area contributed by atoms with Gasteiger partial charge >= 0.3 is 6.03 Å². The van der Waals surface area contributed by atoms with Crippen LogP contribution in [0.1, 0.15) is 25.3 Å². The molecule has 2 aromatic carbocycles. The van der Waals surface area contributed by atoms with Crippen LogP contribution in [0.2, 0.25) is 0 Å². The lowest BCUT2D eigenvalue weighted by atomic mass is 9.96. The minimum absolute atomic E-state index is 0.131. The van der Waals surface area contributed by atoms with Gasteiger partial charge in [0.2, 0.25) is 5.91 Å². The van der Waals surface area contributed by atoms with Crippen molar-refractivity contribution in [2.45, 2.75) is 26.3 Å². The molecule has 0 spiro atoms. The molecule has 1 atom stereocenters. The van der Waals surface area contributed by atoms with Crippen LogP contribution in [0.3, 0.4) is 0 Å². The van der Waals surface area contributed by atoms with Crippen molar-refractivity contribution in [2.75, 3.05) is 43.9 Å². The van der Waals surface area contributed by atoms with E-state index in [-0.39, 0.29) is 17.9 Å². The minimum Gasteiger partial charge on any atom is -0.378 e.